The van der Waals surface area contributed by atoms with Gasteiger partial charge in [0.25, 0.3) is 0 Å². The van der Waals surface area contributed by atoms with Crippen LogP contribution >= 0.6 is 0 Å². The molecule has 5 rings (SSSR count). The van der Waals surface area contributed by atoms with Crippen LogP contribution in [0.3, 0.4) is 0 Å². The van der Waals surface area contributed by atoms with Crippen LogP contribution in [0.4, 0.5) is 0 Å². The predicted molar refractivity (Wildman–Crippen MR) is 102 cm³/mol. The second-order valence-electron chi connectivity index (χ2n) is 6.94. The summed E-state index contributed by atoms with van der Waals surface area (Å²) in [5.74, 6) is -0.193. The number of rotatable bonds is 2. The van der Waals surface area contributed by atoms with Crippen molar-refractivity contribution in [2.75, 3.05) is 0 Å². The van der Waals surface area contributed by atoms with Gasteiger partial charge in [-0.3, -0.25) is 9.59 Å². The lowest BCUT2D eigenvalue weighted by Gasteiger charge is -2.14. The highest BCUT2D eigenvalue weighted by Crippen LogP contribution is 2.29. The fourth-order valence-corrected chi connectivity index (χ4v) is 3.90. The molecule has 0 aliphatic heterocycles. The fraction of sp³-hybridized carbons (Fsp3) is 0.0870. The van der Waals surface area contributed by atoms with Gasteiger partial charge in [-0.2, -0.15) is 0 Å². The Morgan fingerprint density at radius 3 is 2.07 bits per heavy atom. The third-order valence-electron chi connectivity index (χ3n) is 5.18. The molecule has 3 aromatic carbocycles. The van der Waals surface area contributed by atoms with Gasteiger partial charge >= 0.3 is 0 Å². The third-order valence-corrected chi connectivity index (χ3v) is 5.18. The first kappa shape index (κ1) is 15.7. The molecule has 1 aliphatic carbocycles. The van der Waals surface area contributed by atoms with Crippen molar-refractivity contribution < 1.29 is 14.2 Å². The summed E-state index contributed by atoms with van der Waals surface area (Å²) < 4.78 is 3.64. The molecule has 0 fully saturated rings. The van der Waals surface area contributed by atoms with E-state index < -0.39 is 0 Å². The van der Waals surface area contributed by atoms with E-state index in [4.69, 9.17) is 0 Å². The summed E-state index contributed by atoms with van der Waals surface area (Å²) in [6.07, 6.45) is 1.83. The Kier molecular flexibility index (Phi) is 3.34. The van der Waals surface area contributed by atoms with Gasteiger partial charge in [0.2, 0.25) is 29.3 Å². The van der Waals surface area contributed by atoms with Gasteiger partial charge in [0, 0.05) is 11.1 Å². The van der Waals surface area contributed by atoms with E-state index in [1.807, 2.05) is 84.7 Å². The summed E-state index contributed by atoms with van der Waals surface area (Å²) in [6.45, 7) is 0.548. The van der Waals surface area contributed by atoms with E-state index >= 15 is 0 Å². The molecular formula is C23H17N2O2+. The van der Waals surface area contributed by atoms with Crippen LogP contribution in [0.5, 0.6) is 0 Å². The lowest BCUT2D eigenvalue weighted by atomic mass is 9.87. The predicted octanol–water partition coefficient (Wildman–Crippen LogP) is 3.29. The maximum Gasteiger partial charge on any atom is 0.245 e. The molecule has 0 bridgehead atoms. The summed E-state index contributed by atoms with van der Waals surface area (Å²) in [5, 5.41) is 1.93. The van der Waals surface area contributed by atoms with E-state index in [9.17, 15) is 9.59 Å². The number of hydrogen-bond donors (Lipinski definition) is 0. The highest BCUT2D eigenvalue weighted by Gasteiger charge is 2.40. The largest absolute Gasteiger partial charge is 0.284 e. The van der Waals surface area contributed by atoms with Crippen LogP contribution in [0.15, 0.2) is 73.1 Å². The molecule has 1 aliphatic rings. The minimum Gasteiger partial charge on any atom is -0.284 e. The first-order chi connectivity index (χ1) is 13.1. The molecule has 0 saturated heterocycles. The standard InChI is InChI=1S/C23H17N2O2/c1-24-14-25(13-15-7-3-2-4-8-15)21-20(24)22(26)18-11-16-9-5-6-10-17(16)12-19(18)23(21)27/h2-12,14H,13H2,1H3/q+1. The van der Waals surface area contributed by atoms with Gasteiger partial charge in [0.1, 0.15) is 6.54 Å². The van der Waals surface area contributed by atoms with Gasteiger partial charge in [-0.1, -0.05) is 54.6 Å². The maximum absolute atomic E-state index is 13.3. The molecule has 27 heavy (non-hydrogen) atoms. The Bertz CT molecular complexity index is 1240. The average Bonchev–Trinajstić information content (AvgIpc) is 3.02. The average molecular weight is 353 g/mol. The summed E-state index contributed by atoms with van der Waals surface area (Å²) in [6, 6.07) is 21.4. The number of aryl methyl sites for hydroxylation is 1. The molecule has 0 saturated carbocycles. The molecule has 0 amide bonds. The van der Waals surface area contributed by atoms with Crippen molar-refractivity contribution in [2.24, 2.45) is 7.05 Å². The van der Waals surface area contributed by atoms with Crippen LogP contribution in [0.1, 0.15) is 37.7 Å². The van der Waals surface area contributed by atoms with Crippen LogP contribution in [0.25, 0.3) is 10.8 Å². The number of carbonyl (C=O) groups is 2. The van der Waals surface area contributed by atoms with Gasteiger partial charge in [0.15, 0.2) is 0 Å². The normalized spacial score (nSPS) is 12.9. The lowest BCUT2D eigenvalue weighted by molar-refractivity contribution is -0.672. The van der Waals surface area contributed by atoms with Crippen molar-refractivity contribution in [2.45, 2.75) is 6.54 Å². The number of benzene rings is 3. The van der Waals surface area contributed by atoms with Gasteiger partial charge in [-0.05, 0) is 28.5 Å². The zero-order valence-electron chi connectivity index (χ0n) is 14.8. The number of aromatic nitrogens is 2. The second-order valence-corrected chi connectivity index (χ2v) is 6.94. The fourth-order valence-electron chi connectivity index (χ4n) is 3.90. The van der Waals surface area contributed by atoms with Crippen molar-refractivity contribution in [3.63, 3.8) is 0 Å². The molecule has 0 atom stereocenters. The van der Waals surface area contributed by atoms with Crippen molar-refractivity contribution >= 4 is 22.3 Å². The van der Waals surface area contributed by atoms with Crippen LogP contribution in [-0.2, 0) is 13.6 Å². The van der Waals surface area contributed by atoms with E-state index in [0.29, 0.717) is 29.1 Å². The highest BCUT2D eigenvalue weighted by atomic mass is 16.1. The van der Waals surface area contributed by atoms with Gasteiger partial charge in [0.05, 0.1) is 7.05 Å². The molecule has 4 heteroatoms. The first-order valence-corrected chi connectivity index (χ1v) is 8.88. The van der Waals surface area contributed by atoms with Crippen LogP contribution < -0.4 is 4.57 Å². The number of fused-ring (bicyclic) bond motifs is 3. The molecule has 0 unspecified atom stereocenters. The molecule has 4 nitrogen and oxygen atoms in total. The van der Waals surface area contributed by atoms with Gasteiger partial charge in [-0.15, -0.1) is 0 Å². The molecule has 1 heterocycles. The summed E-state index contributed by atoms with van der Waals surface area (Å²) in [7, 11) is 1.82. The Morgan fingerprint density at radius 1 is 0.815 bits per heavy atom. The quantitative estimate of drug-likeness (QED) is 0.457. The van der Waals surface area contributed by atoms with Crippen LogP contribution in [-0.4, -0.2) is 16.1 Å². The van der Waals surface area contributed by atoms with Crippen molar-refractivity contribution in [1.82, 2.24) is 4.57 Å². The maximum atomic E-state index is 13.3. The molecule has 0 radical (unpaired) electrons. The van der Waals surface area contributed by atoms with Gasteiger partial charge in [-0.25, -0.2) is 9.13 Å². The van der Waals surface area contributed by atoms with E-state index in [-0.39, 0.29) is 11.6 Å². The Morgan fingerprint density at radius 2 is 1.41 bits per heavy atom. The smallest absolute Gasteiger partial charge is 0.245 e. The molecule has 130 valence electrons. The monoisotopic (exact) mass is 353 g/mol. The molecule has 4 aromatic rings. The van der Waals surface area contributed by atoms with Crippen molar-refractivity contribution in [1.29, 1.82) is 0 Å². The summed E-state index contributed by atoms with van der Waals surface area (Å²) in [5.41, 5.74) is 2.98. The van der Waals surface area contributed by atoms with Crippen molar-refractivity contribution in [3.8, 4) is 0 Å². The minimum absolute atomic E-state index is 0.0955. The van der Waals surface area contributed by atoms with E-state index in [0.717, 1.165) is 16.3 Å². The molecular weight excluding hydrogens is 336 g/mol. The summed E-state index contributed by atoms with van der Waals surface area (Å²) in [4.78, 5) is 26.5. The van der Waals surface area contributed by atoms with E-state index in [2.05, 4.69) is 0 Å². The lowest BCUT2D eigenvalue weighted by Crippen LogP contribution is -2.36. The van der Waals surface area contributed by atoms with Crippen LogP contribution in [0.2, 0.25) is 0 Å². The van der Waals surface area contributed by atoms with Crippen molar-refractivity contribution in [3.05, 3.63) is 101 Å². The molecule has 1 aromatic heterocycles. The Hall–Kier alpha value is -3.53. The molecule has 0 spiro atoms. The third kappa shape index (κ3) is 2.34. The zero-order chi connectivity index (χ0) is 18.5. The number of nitrogens with zero attached hydrogens (tertiary/aromatic N) is 2. The topological polar surface area (TPSA) is 43.0 Å². The number of ketones is 2. The highest BCUT2D eigenvalue weighted by molar-refractivity contribution is 6.27. The first-order valence-electron chi connectivity index (χ1n) is 8.88. The number of carbonyl (C=O) groups excluding carboxylic acids is 2. The zero-order valence-corrected chi connectivity index (χ0v) is 14.8. The Labute approximate surface area is 156 Å². The van der Waals surface area contributed by atoms with Crippen LogP contribution in [0, 0.1) is 0 Å². The van der Waals surface area contributed by atoms with Gasteiger partial charge < -0.3 is 0 Å². The Balaban J connectivity index is 1.70. The molecule has 0 N–H and O–H groups in total. The number of hydrogen-bond acceptors (Lipinski definition) is 2. The summed E-state index contributed by atoms with van der Waals surface area (Å²) >= 11 is 0. The SMILES string of the molecule is C[n+]1cn(Cc2ccccc2)c2c1C(=O)c1cc3ccccc3cc1C2=O. The van der Waals surface area contributed by atoms with E-state index in [1.165, 1.54) is 0 Å². The second kappa shape index (κ2) is 5.74. The van der Waals surface area contributed by atoms with E-state index in [1.54, 1.807) is 4.57 Å². The minimum atomic E-state index is -0.0975. The number of imidazole rings is 1.